The van der Waals surface area contributed by atoms with Crippen molar-refractivity contribution >= 4 is 24.0 Å². The maximum atomic E-state index is 10.8. The van der Waals surface area contributed by atoms with Gasteiger partial charge in [-0.05, 0) is 18.6 Å². The molecule has 0 saturated carbocycles. The van der Waals surface area contributed by atoms with Gasteiger partial charge in [0.1, 0.15) is 11.5 Å². The van der Waals surface area contributed by atoms with Gasteiger partial charge < -0.3 is 5.11 Å². The molecule has 0 amide bonds. The minimum absolute atomic E-state index is 0.424. The van der Waals surface area contributed by atoms with Crippen molar-refractivity contribution in [1.82, 2.24) is 0 Å². The Morgan fingerprint density at radius 3 is 2.47 bits per heavy atom. The van der Waals surface area contributed by atoms with Crippen LogP contribution in [0.25, 0.3) is 0 Å². The first-order chi connectivity index (χ1) is 7.17. The predicted octanol–water partition coefficient (Wildman–Crippen LogP) is 2.45. The number of thioether (sulfide) groups is 1. The van der Waals surface area contributed by atoms with Crippen LogP contribution in [0.4, 0.5) is 0 Å². The standard InChI is InChI=1S/C11H12O3S/c1-2-10(11(13)14)15-9-5-3-8(7-12)4-6-9/h3-7,10H,2H2,1H3,(H,13,14). The number of carbonyl (C=O) groups is 2. The van der Waals surface area contributed by atoms with Crippen LogP contribution in [0.1, 0.15) is 23.7 Å². The molecule has 1 N–H and O–H groups in total. The maximum Gasteiger partial charge on any atom is 0.316 e. The largest absolute Gasteiger partial charge is 0.480 e. The van der Waals surface area contributed by atoms with Crippen LogP contribution < -0.4 is 0 Å². The van der Waals surface area contributed by atoms with E-state index in [0.717, 1.165) is 11.2 Å². The summed E-state index contributed by atoms with van der Waals surface area (Å²) in [5.41, 5.74) is 0.600. The van der Waals surface area contributed by atoms with Crippen LogP contribution in [-0.4, -0.2) is 22.6 Å². The lowest BCUT2D eigenvalue weighted by atomic mass is 10.2. The second kappa shape index (κ2) is 5.56. The zero-order valence-corrected chi connectivity index (χ0v) is 9.16. The summed E-state index contributed by atoms with van der Waals surface area (Å²) in [6.45, 7) is 1.84. The molecule has 0 aromatic heterocycles. The summed E-state index contributed by atoms with van der Waals surface area (Å²) in [6, 6.07) is 6.90. The summed E-state index contributed by atoms with van der Waals surface area (Å²) in [6.07, 6.45) is 1.35. The van der Waals surface area contributed by atoms with Crippen LogP contribution >= 0.6 is 11.8 Å². The Bertz CT molecular complexity index is 345. The number of aldehydes is 1. The third kappa shape index (κ3) is 3.40. The molecule has 1 atom stereocenters. The first-order valence-electron chi connectivity index (χ1n) is 4.62. The van der Waals surface area contributed by atoms with Gasteiger partial charge in [-0.2, -0.15) is 0 Å². The van der Waals surface area contributed by atoms with Gasteiger partial charge in [0.05, 0.1) is 0 Å². The van der Waals surface area contributed by atoms with E-state index < -0.39 is 11.2 Å². The Balaban J connectivity index is 2.71. The highest BCUT2D eigenvalue weighted by atomic mass is 32.2. The third-order valence-electron chi connectivity index (χ3n) is 1.94. The fraction of sp³-hybridized carbons (Fsp3) is 0.273. The SMILES string of the molecule is CCC(Sc1ccc(C=O)cc1)C(=O)O. The van der Waals surface area contributed by atoms with E-state index in [2.05, 4.69) is 0 Å². The van der Waals surface area contributed by atoms with Crippen LogP contribution in [-0.2, 0) is 4.79 Å². The highest BCUT2D eigenvalue weighted by Gasteiger charge is 2.15. The van der Waals surface area contributed by atoms with E-state index in [1.807, 2.05) is 6.92 Å². The molecular formula is C11H12O3S. The van der Waals surface area contributed by atoms with E-state index in [1.54, 1.807) is 24.3 Å². The summed E-state index contributed by atoms with van der Waals surface area (Å²) in [5.74, 6) is -0.804. The zero-order chi connectivity index (χ0) is 11.3. The third-order valence-corrected chi connectivity index (χ3v) is 3.30. The number of hydrogen-bond acceptors (Lipinski definition) is 3. The highest BCUT2D eigenvalue weighted by Crippen LogP contribution is 2.25. The molecule has 0 aliphatic rings. The van der Waals surface area contributed by atoms with Crippen molar-refractivity contribution in [3.63, 3.8) is 0 Å². The highest BCUT2D eigenvalue weighted by molar-refractivity contribution is 8.00. The van der Waals surface area contributed by atoms with Gasteiger partial charge in [0, 0.05) is 10.5 Å². The van der Waals surface area contributed by atoms with E-state index >= 15 is 0 Å². The molecular weight excluding hydrogens is 212 g/mol. The van der Waals surface area contributed by atoms with Gasteiger partial charge in [-0.25, -0.2) is 0 Å². The first-order valence-corrected chi connectivity index (χ1v) is 5.50. The second-order valence-corrected chi connectivity index (χ2v) is 4.32. The number of aliphatic carboxylic acids is 1. The summed E-state index contributed by atoms with van der Waals surface area (Å²) in [5, 5.41) is 8.43. The molecule has 1 rings (SSSR count). The molecule has 4 heteroatoms. The Morgan fingerprint density at radius 2 is 2.07 bits per heavy atom. The molecule has 1 aromatic carbocycles. The first kappa shape index (κ1) is 11.8. The molecule has 80 valence electrons. The molecule has 0 aliphatic carbocycles. The van der Waals surface area contributed by atoms with Crippen molar-refractivity contribution in [2.45, 2.75) is 23.5 Å². The van der Waals surface area contributed by atoms with Gasteiger partial charge in [0.25, 0.3) is 0 Å². The lowest BCUT2D eigenvalue weighted by molar-refractivity contribution is -0.136. The van der Waals surface area contributed by atoms with Gasteiger partial charge >= 0.3 is 5.97 Å². The van der Waals surface area contributed by atoms with E-state index in [4.69, 9.17) is 5.11 Å². The minimum Gasteiger partial charge on any atom is -0.480 e. The van der Waals surface area contributed by atoms with Crippen LogP contribution in [0.15, 0.2) is 29.2 Å². The van der Waals surface area contributed by atoms with Crippen molar-refractivity contribution in [3.8, 4) is 0 Å². The van der Waals surface area contributed by atoms with E-state index in [-0.39, 0.29) is 0 Å². The second-order valence-electron chi connectivity index (χ2n) is 3.04. The van der Waals surface area contributed by atoms with Crippen LogP contribution in [0, 0.1) is 0 Å². The molecule has 0 radical (unpaired) electrons. The van der Waals surface area contributed by atoms with Gasteiger partial charge in [0.15, 0.2) is 0 Å². The summed E-state index contributed by atoms with van der Waals surface area (Å²) >= 11 is 1.30. The molecule has 1 aromatic rings. The number of hydrogen-bond donors (Lipinski definition) is 1. The fourth-order valence-electron chi connectivity index (χ4n) is 1.10. The number of carboxylic acid groups (broad SMARTS) is 1. The molecule has 0 heterocycles. The van der Waals surface area contributed by atoms with Crippen molar-refractivity contribution in [2.24, 2.45) is 0 Å². The summed E-state index contributed by atoms with van der Waals surface area (Å²) in [4.78, 5) is 22.1. The summed E-state index contributed by atoms with van der Waals surface area (Å²) in [7, 11) is 0. The Labute approximate surface area is 92.5 Å². The van der Waals surface area contributed by atoms with E-state index in [0.29, 0.717) is 12.0 Å². The van der Waals surface area contributed by atoms with E-state index in [1.165, 1.54) is 11.8 Å². The monoisotopic (exact) mass is 224 g/mol. The van der Waals surface area contributed by atoms with Gasteiger partial charge in [0.2, 0.25) is 0 Å². The van der Waals surface area contributed by atoms with Crippen molar-refractivity contribution in [1.29, 1.82) is 0 Å². The van der Waals surface area contributed by atoms with Crippen LogP contribution in [0.3, 0.4) is 0 Å². The quantitative estimate of drug-likeness (QED) is 0.616. The van der Waals surface area contributed by atoms with E-state index in [9.17, 15) is 9.59 Å². The maximum absolute atomic E-state index is 10.8. The molecule has 15 heavy (non-hydrogen) atoms. The average Bonchev–Trinajstić information content (AvgIpc) is 2.26. The molecule has 0 saturated heterocycles. The Kier molecular flexibility index (Phi) is 4.37. The summed E-state index contributed by atoms with van der Waals surface area (Å²) < 4.78 is 0. The predicted molar refractivity (Wildman–Crippen MR) is 59.4 cm³/mol. The van der Waals surface area contributed by atoms with Crippen LogP contribution in [0.2, 0.25) is 0 Å². The van der Waals surface area contributed by atoms with Gasteiger partial charge in [-0.1, -0.05) is 19.1 Å². The number of carbonyl (C=O) groups excluding carboxylic acids is 1. The molecule has 3 nitrogen and oxygen atoms in total. The molecule has 0 fully saturated rings. The topological polar surface area (TPSA) is 54.4 Å². The Hall–Kier alpha value is -1.29. The number of rotatable bonds is 5. The molecule has 1 unspecified atom stereocenters. The minimum atomic E-state index is -0.804. The fourth-order valence-corrected chi connectivity index (χ4v) is 1.99. The molecule has 0 bridgehead atoms. The molecule has 0 aliphatic heterocycles. The van der Waals surface area contributed by atoms with Crippen molar-refractivity contribution < 1.29 is 14.7 Å². The number of benzene rings is 1. The normalized spacial score (nSPS) is 12.1. The van der Waals surface area contributed by atoms with Crippen molar-refractivity contribution in [2.75, 3.05) is 0 Å². The van der Waals surface area contributed by atoms with Gasteiger partial charge in [-0.3, -0.25) is 9.59 Å². The zero-order valence-electron chi connectivity index (χ0n) is 8.34. The average molecular weight is 224 g/mol. The van der Waals surface area contributed by atoms with Gasteiger partial charge in [-0.15, -0.1) is 11.8 Å². The lowest BCUT2D eigenvalue weighted by Gasteiger charge is -2.08. The number of carboxylic acids is 1. The molecule has 0 spiro atoms. The smallest absolute Gasteiger partial charge is 0.316 e. The lowest BCUT2D eigenvalue weighted by Crippen LogP contribution is -2.14. The van der Waals surface area contributed by atoms with Crippen LogP contribution in [0.5, 0.6) is 0 Å². The van der Waals surface area contributed by atoms with Crippen molar-refractivity contribution in [3.05, 3.63) is 29.8 Å². The Morgan fingerprint density at radius 1 is 1.47 bits per heavy atom.